The molecule has 0 radical (unpaired) electrons. The molecule has 0 amide bonds. The van der Waals surface area contributed by atoms with E-state index in [1.165, 1.54) is 28.5 Å². The van der Waals surface area contributed by atoms with Crippen LogP contribution in [-0.4, -0.2) is 15.8 Å². The van der Waals surface area contributed by atoms with Gasteiger partial charge in [0.05, 0.1) is 0 Å². The summed E-state index contributed by atoms with van der Waals surface area (Å²) in [5.41, 5.74) is 3.69. The monoisotopic (exact) mass is 250 g/mol. The highest BCUT2D eigenvalue weighted by Crippen LogP contribution is 2.48. The van der Waals surface area contributed by atoms with Crippen LogP contribution in [0.25, 0.3) is 0 Å². The van der Waals surface area contributed by atoms with Crippen LogP contribution >= 0.6 is 11.8 Å². The Balaban J connectivity index is 2.30. The second kappa shape index (κ2) is 4.37. The number of carboxylic acid groups (broad SMARTS) is 1. The quantitative estimate of drug-likeness (QED) is 0.888. The highest BCUT2D eigenvalue weighted by atomic mass is 32.2. The van der Waals surface area contributed by atoms with Crippen molar-refractivity contribution in [2.24, 2.45) is 0 Å². The summed E-state index contributed by atoms with van der Waals surface area (Å²) in [6.45, 7) is 6.23. The lowest BCUT2D eigenvalue weighted by Crippen LogP contribution is -2.41. The molecule has 1 saturated carbocycles. The van der Waals surface area contributed by atoms with Gasteiger partial charge in [0, 0.05) is 4.90 Å². The summed E-state index contributed by atoms with van der Waals surface area (Å²) >= 11 is 1.54. The number of hydrogen-bond donors (Lipinski definition) is 1. The van der Waals surface area contributed by atoms with E-state index in [9.17, 15) is 9.90 Å². The number of benzene rings is 1. The topological polar surface area (TPSA) is 37.3 Å². The Morgan fingerprint density at radius 3 is 2.24 bits per heavy atom. The van der Waals surface area contributed by atoms with Crippen LogP contribution in [0.3, 0.4) is 0 Å². The number of thioether (sulfide) groups is 1. The number of carbonyl (C=O) groups is 1. The van der Waals surface area contributed by atoms with Gasteiger partial charge in [-0.1, -0.05) is 6.07 Å². The van der Waals surface area contributed by atoms with Crippen LogP contribution in [0.1, 0.15) is 36.0 Å². The molecule has 2 rings (SSSR count). The van der Waals surface area contributed by atoms with Crippen molar-refractivity contribution in [2.75, 3.05) is 0 Å². The maximum Gasteiger partial charge on any atom is 0.320 e. The Labute approximate surface area is 106 Å². The largest absolute Gasteiger partial charge is 0.480 e. The normalized spacial score (nSPS) is 17.6. The molecule has 3 heteroatoms. The van der Waals surface area contributed by atoms with Crippen molar-refractivity contribution in [1.29, 1.82) is 0 Å². The summed E-state index contributed by atoms with van der Waals surface area (Å²) in [4.78, 5) is 12.5. The van der Waals surface area contributed by atoms with E-state index < -0.39 is 10.7 Å². The molecule has 1 aromatic carbocycles. The minimum atomic E-state index is -0.661. The molecular formula is C14H18O2S. The average molecular weight is 250 g/mol. The van der Waals surface area contributed by atoms with E-state index in [1.54, 1.807) is 0 Å². The first-order valence-electron chi connectivity index (χ1n) is 5.95. The summed E-state index contributed by atoms with van der Waals surface area (Å²) in [6, 6.07) is 4.27. The Kier molecular flexibility index (Phi) is 3.21. The van der Waals surface area contributed by atoms with E-state index in [4.69, 9.17) is 0 Å². The highest BCUT2D eigenvalue weighted by Gasteiger charge is 2.45. The van der Waals surface area contributed by atoms with E-state index in [1.807, 2.05) is 0 Å². The first-order chi connectivity index (χ1) is 7.94. The molecule has 92 valence electrons. The van der Waals surface area contributed by atoms with Gasteiger partial charge in [0.25, 0.3) is 0 Å². The van der Waals surface area contributed by atoms with Crippen LogP contribution in [0.4, 0.5) is 0 Å². The van der Waals surface area contributed by atoms with Gasteiger partial charge in [-0.15, -0.1) is 11.8 Å². The van der Waals surface area contributed by atoms with Crippen molar-refractivity contribution in [3.05, 3.63) is 28.8 Å². The van der Waals surface area contributed by atoms with Gasteiger partial charge < -0.3 is 5.11 Å². The van der Waals surface area contributed by atoms with Crippen molar-refractivity contribution >= 4 is 17.7 Å². The van der Waals surface area contributed by atoms with Crippen molar-refractivity contribution in [1.82, 2.24) is 0 Å². The van der Waals surface area contributed by atoms with E-state index in [2.05, 4.69) is 32.9 Å². The molecule has 1 aliphatic carbocycles. The fourth-order valence-electron chi connectivity index (χ4n) is 2.11. The molecule has 0 heterocycles. The molecular weight excluding hydrogens is 232 g/mol. The van der Waals surface area contributed by atoms with Gasteiger partial charge in [0.15, 0.2) is 0 Å². The number of aryl methyl sites for hydroxylation is 3. The number of carboxylic acids is 1. The van der Waals surface area contributed by atoms with E-state index in [0.29, 0.717) is 0 Å². The third kappa shape index (κ3) is 2.21. The molecule has 0 saturated heterocycles. The maximum atomic E-state index is 11.4. The zero-order valence-corrected chi connectivity index (χ0v) is 11.4. The van der Waals surface area contributed by atoms with Crippen molar-refractivity contribution in [3.63, 3.8) is 0 Å². The highest BCUT2D eigenvalue weighted by molar-refractivity contribution is 8.01. The minimum Gasteiger partial charge on any atom is -0.480 e. The minimum absolute atomic E-state index is 0.563. The van der Waals surface area contributed by atoms with E-state index in [0.717, 1.165) is 24.2 Å². The third-order valence-electron chi connectivity index (χ3n) is 3.65. The van der Waals surface area contributed by atoms with Crippen LogP contribution in [-0.2, 0) is 4.79 Å². The lowest BCUT2D eigenvalue weighted by molar-refractivity contribution is -0.142. The van der Waals surface area contributed by atoms with Crippen molar-refractivity contribution < 1.29 is 9.90 Å². The summed E-state index contributed by atoms with van der Waals surface area (Å²) in [6.07, 6.45) is 2.61. The predicted octanol–water partition coefficient (Wildman–Crippen LogP) is 3.71. The summed E-state index contributed by atoms with van der Waals surface area (Å²) < 4.78 is -0.563. The molecule has 2 nitrogen and oxygen atoms in total. The van der Waals surface area contributed by atoms with Gasteiger partial charge in [-0.2, -0.15) is 0 Å². The average Bonchev–Trinajstić information content (AvgIpc) is 2.18. The standard InChI is InChI=1S/C14H18O2S/c1-9-7-11(3)12(8-10(9)2)17-14(13(15)16)5-4-6-14/h7-8H,4-6H2,1-3H3,(H,15,16). The molecule has 0 bridgehead atoms. The Morgan fingerprint density at radius 2 is 1.76 bits per heavy atom. The molecule has 1 fully saturated rings. The Hall–Kier alpha value is -0.960. The SMILES string of the molecule is Cc1cc(C)c(SC2(C(=O)O)CCC2)cc1C. The summed E-state index contributed by atoms with van der Waals surface area (Å²) in [5, 5.41) is 9.34. The Morgan fingerprint density at radius 1 is 1.18 bits per heavy atom. The van der Waals surface area contributed by atoms with Gasteiger partial charge >= 0.3 is 5.97 Å². The number of hydrogen-bond acceptors (Lipinski definition) is 2. The van der Waals surface area contributed by atoms with Crippen molar-refractivity contribution in [2.45, 2.75) is 49.7 Å². The summed E-state index contributed by atoms with van der Waals surface area (Å²) in [7, 11) is 0. The second-order valence-corrected chi connectivity index (χ2v) is 6.38. The van der Waals surface area contributed by atoms with Crippen LogP contribution in [0.5, 0.6) is 0 Å². The van der Waals surface area contributed by atoms with Crippen LogP contribution < -0.4 is 0 Å². The van der Waals surface area contributed by atoms with Gasteiger partial charge in [-0.25, -0.2) is 0 Å². The molecule has 17 heavy (non-hydrogen) atoms. The molecule has 0 atom stereocenters. The zero-order chi connectivity index (χ0) is 12.6. The summed E-state index contributed by atoms with van der Waals surface area (Å²) in [5.74, 6) is -0.661. The van der Waals surface area contributed by atoms with E-state index in [-0.39, 0.29) is 0 Å². The van der Waals surface area contributed by atoms with Crippen molar-refractivity contribution in [3.8, 4) is 0 Å². The molecule has 1 aliphatic rings. The van der Waals surface area contributed by atoms with Gasteiger partial charge in [-0.05, 0) is 62.8 Å². The molecule has 0 aliphatic heterocycles. The van der Waals surface area contributed by atoms with E-state index >= 15 is 0 Å². The smallest absolute Gasteiger partial charge is 0.320 e. The number of aliphatic carboxylic acids is 1. The van der Waals surface area contributed by atoms with Gasteiger partial charge in [0.1, 0.15) is 4.75 Å². The predicted molar refractivity (Wildman–Crippen MR) is 70.7 cm³/mol. The second-order valence-electron chi connectivity index (χ2n) is 4.96. The molecule has 0 unspecified atom stereocenters. The third-order valence-corrected chi connectivity index (χ3v) is 5.28. The first-order valence-corrected chi connectivity index (χ1v) is 6.76. The molecule has 0 spiro atoms. The first kappa shape index (κ1) is 12.5. The van der Waals surface area contributed by atoms with Crippen LogP contribution in [0, 0.1) is 20.8 Å². The zero-order valence-electron chi connectivity index (χ0n) is 10.5. The van der Waals surface area contributed by atoms with Gasteiger partial charge in [0.2, 0.25) is 0 Å². The lowest BCUT2D eigenvalue weighted by atomic mass is 9.84. The molecule has 1 aromatic rings. The number of rotatable bonds is 3. The lowest BCUT2D eigenvalue weighted by Gasteiger charge is -2.37. The van der Waals surface area contributed by atoms with Gasteiger partial charge in [-0.3, -0.25) is 4.79 Å². The van der Waals surface area contributed by atoms with Crippen LogP contribution in [0.15, 0.2) is 17.0 Å². The maximum absolute atomic E-state index is 11.4. The molecule has 1 N–H and O–H groups in total. The fourth-order valence-corrected chi connectivity index (χ4v) is 3.57. The Bertz CT molecular complexity index is 462. The van der Waals surface area contributed by atoms with Crippen LogP contribution in [0.2, 0.25) is 0 Å². The fraction of sp³-hybridized carbons (Fsp3) is 0.500. The molecule has 0 aromatic heterocycles.